The van der Waals surface area contributed by atoms with Crippen LogP contribution < -0.4 is 26.4 Å². The number of carboxylic acids is 1. The van der Waals surface area contributed by atoms with Crippen LogP contribution in [-0.4, -0.2) is 47.9 Å². The molecular formula is C30H37N5O5. The van der Waals surface area contributed by atoms with Gasteiger partial charge in [-0.2, -0.15) is 0 Å². The normalized spacial score (nSPS) is 10.8. The maximum atomic E-state index is 12.2. The van der Waals surface area contributed by atoms with Crippen molar-refractivity contribution in [2.45, 2.75) is 39.4 Å². The lowest BCUT2D eigenvalue weighted by Gasteiger charge is -2.15. The van der Waals surface area contributed by atoms with E-state index in [-0.39, 0.29) is 24.2 Å². The van der Waals surface area contributed by atoms with E-state index in [1.165, 1.54) is 5.56 Å². The van der Waals surface area contributed by atoms with Crippen molar-refractivity contribution in [2.75, 3.05) is 13.2 Å². The Morgan fingerprint density at radius 1 is 0.900 bits per heavy atom. The molecule has 0 aliphatic carbocycles. The van der Waals surface area contributed by atoms with Gasteiger partial charge >= 0.3 is 5.97 Å². The number of nitrogens with two attached hydrogens (primary N) is 1. The summed E-state index contributed by atoms with van der Waals surface area (Å²) in [7, 11) is 0. The van der Waals surface area contributed by atoms with Crippen molar-refractivity contribution in [1.29, 1.82) is 5.41 Å². The SMILES string of the molecule is CC(NC(=O)CNCc1ccc(OCC(=O)O)cc1)C(=O)NCc1ccc(C(=N)N)cc1.CCc1ccccc1. The molecule has 1 atom stereocenters. The van der Waals surface area contributed by atoms with E-state index in [0.29, 0.717) is 24.4 Å². The van der Waals surface area contributed by atoms with Gasteiger partial charge in [0.1, 0.15) is 17.6 Å². The fourth-order valence-corrected chi connectivity index (χ4v) is 3.39. The van der Waals surface area contributed by atoms with Crippen LogP contribution in [0.1, 0.15) is 36.1 Å². The Labute approximate surface area is 234 Å². The van der Waals surface area contributed by atoms with Crippen LogP contribution in [0.5, 0.6) is 5.75 Å². The predicted molar refractivity (Wildman–Crippen MR) is 154 cm³/mol. The number of benzene rings is 3. The number of nitrogen functional groups attached to an aromatic ring is 1. The molecular weight excluding hydrogens is 510 g/mol. The number of amidine groups is 1. The van der Waals surface area contributed by atoms with E-state index in [1.54, 1.807) is 55.5 Å². The summed E-state index contributed by atoms with van der Waals surface area (Å²) in [5.74, 6) is -1.25. The third-order valence-corrected chi connectivity index (χ3v) is 5.65. The van der Waals surface area contributed by atoms with Crippen LogP contribution in [0.3, 0.4) is 0 Å². The molecule has 10 nitrogen and oxygen atoms in total. The van der Waals surface area contributed by atoms with Gasteiger partial charge in [-0.05, 0) is 42.2 Å². The van der Waals surface area contributed by atoms with Gasteiger partial charge in [0.15, 0.2) is 6.61 Å². The highest BCUT2D eigenvalue weighted by atomic mass is 16.5. The highest BCUT2D eigenvalue weighted by Gasteiger charge is 2.15. The summed E-state index contributed by atoms with van der Waals surface area (Å²) in [6, 6.07) is 23.5. The number of nitrogens with one attached hydrogen (secondary N) is 4. The Balaban J connectivity index is 0.000000598. The fraction of sp³-hybridized carbons (Fsp3) is 0.267. The van der Waals surface area contributed by atoms with E-state index in [2.05, 4.69) is 47.1 Å². The number of carbonyl (C=O) groups excluding carboxylic acids is 2. The van der Waals surface area contributed by atoms with E-state index in [4.69, 9.17) is 21.0 Å². The second-order valence-electron chi connectivity index (χ2n) is 8.89. The molecule has 7 N–H and O–H groups in total. The standard InChI is InChI=1S/C22H27N5O5.C8H10/c1-14(22(31)26-11-16-2-6-17(7-3-16)21(23)24)27-19(28)12-25-10-15-4-8-18(9-5-15)32-13-20(29)30;1-2-8-6-4-3-5-7-8/h2-9,14,25H,10-13H2,1H3,(H3,23,24)(H,26,31)(H,27,28)(H,29,30);3-7H,2H2,1H3. The van der Waals surface area contributed by atoms with Crippen LogP contribution in [0.15, 0.2) is 78.9 Å². The number of carboxylic acid groups (broad SMARTS) is 1. The van der Waals surface area contributed by atoms with Crippen LogP contribution in [-0.2, 0) is 33.9 Å². The molecule has 1 unspecified atom stereocenters. The average Bonchev–Trinajstić information content (AvgIpc) is 2.96. The first-order chi connectivity index (χ1) is 19.2. The predicted octanol–water partition coefficient (Wildman–Crippen LogP) is 2.59. The Morgan fingerprint density at radius 3 is 2.05 bits per heavy atom. The van der Waals surface area contributed by atoms with Crippen molar-refractivity contribution < 1.29 is 24.2 Å². The Bertz CT molecular complexity index is 1230. The highest BCUT2D eigenvalue weighted by Crippen LogP contribution is 2.12. The largest absolute Gasteiger partial charge is 0.482 e. The summed E-state index contributed by atoms with van der Waals surface area (Å²) in [6.45, 7) is 4.10. The van der Waals surface area contributed by atoms with E-state index in [9.17, 15) is 14.4 Å². The molecule has 3 rings (SSSR count). The Kier molecular flexibility index (Phi) is 13.4. The molecule has 0 aliphatic heterocycles. The number of carbonyl (C=O) groups is 3. The monoisotopic (exact) mass is 547 g/mol. The Morgan fingerprint density at radius 2 is 1.50 bits per heavy atom. The molecule has 10 heteroatoms. The molecule has 2 amide bonds. The molecule has 0 aromatic heterocycles. The smallest absolute Gasteiger partial charge is 0.341 e. The molecule has 0 saturated carbocycles. The second kappa shape index (κ2) is 17.0. The third-order valence-electron chi connectivity index (χ3n) is 5.65. The van der Waals surface area contributed by atoms with Crippen LogP contribution in [0.2, 0.25) is 0 Å². The number of amides is 2. The first kappa shape index (κ1) is 31.5. The van der Waals surface area contributed by atoms with Gasteiger partial charge in [0.2, 0.25) is 11.8 Å². The topological polar surface area (TPSA) is 167 Å². The number of aryl methyl sites for hydroxylation is 1. The molecule has 0 fully saturated rings. The summed E-state index contributed by atoms with van der Waals surface area (Å²) < 4.78 is 5.06. The van der Waals surface area contributed by atoms with Crippen LogP contribution in [0.4, 0.5) is 0 Å². The van der Waals surface area contributed by atoms with Crippen LogP contribution in [0, 0.1) is 5.41 Å². The molecule has 0 radical (unpaired) electrons. The zero-order valence-electron chi connectivity index (χ0n) is 22.8. The minimum absolute atomic E-state index is 0.0210. The number of hydrogen-bond donors (Lipinski definition) is 6. The first-order valence-corrected chi connectivity index (χ1v) is 12.9. The first-order valence-electron chi connectivity index (χ1n) is 12.9. The lowest BCUT2D eigenvalue weighted by molar-refractivity contribution is -0.139. The van der Waals surface area contributed by atoms with Crippen molar-refractivity contribution in [3.05, 3.63) is 101 Å². The van der Waals surface area contributed by atoms with Gasteiger partial charge in [0, 0.05) is 18.7 Å². The van der Waals surface area contributed by atoms with E-state index in [0.717, 1.165) is 17.5 Å². The molecule has 0 saturated heterocycles. The van der Waals surface area contributed by atoms with Gasteiger partial charge in [-0.15, -0.1) is 0 Å². The molecule has 0 heterocycles. The van der Waals surface area contributed by atoms with E-state index < -0.39 is 18.6 Å². The van der Waals surface area contributed by atoms with Gasteiger partial charge < -0.3 is 31.5 Å². The average molecular weight is 548 g/mol. The van der Waals surface area contributed by atoms with Gasteiger partial charge in [0.05, 0.1) is 6.54 Å². The lowest BCUT2D eigenvalue weighted by atomic mass is 10.1. The molecule has 0 aliphatic rings. The molecule has 212 valence electrons. The van der Waals surface area contributed by atoms with Crippen molar-refractivity contribution in [2.24, 2.45) is 5.73 Å². The summed E-state index contributed by atoms with van der Waals surface area (Å²) >= 11 is 0. The highest BCUT2D eigenvalue weighted by molar-refractivity contribution is 5.94. The van der Waals surface area contributed by atoms with Gasteiger partial charge in [-0.3, -0.25) is 15.0 Å². The van der Waals surface area contributed by atoms with Crippen molar-refractivity contribution >= 4 is 23.6 Å². The Hall–Kier alpha value is -4.70. The van der Waals surface area contributed by atoms with Crippen LogP contribution >= 0.6 is 0 Å². The van der Waals surface area contributed by atoms with Crippen molar-refractivity contribution in [3.63, 3.8) is 0 Å². The van der Waals surface area contributed by atoms with E-state index in [1.807, 2.05) is 6.07 Å². The summed E-state index contributed by atoms with van der Waals surface area (Å²) in [5, 5.41) is 24.3. The maximum absolute atomic E-state index is 12.2. The van der Waals surface area contributed by atoms with Crippen molar-refractivity contribution in [1.82, 2.24) is 16.0 Å². The molecule has 0 spiro atoms. The van der Waals surface area contributed by atoms with Gasteiger partial charge in [-0.1, -0.05) is 73.7 Å². The minimum Gasteiger partial charge on any atom is -0.482 e. The quantitative estimate of drug-likeness (QED) is 0.141. The third kappa shape index (κ3) is 12.2. The maximum Gasteiger partial charge on any atom is 0.341 e. The summed E-state index contributed by atoms with van der Waals surface area (Å²) in [5.41, 5.74) is 9.17. The van der Waals surface area contributed by atoms with Crippen molar-refractivity contribution in [3.8, 4) is 5.75 Å². The van der Waals surface area contributed by atoms with Gasteiger partial charge in [-0.25, -0.2) is 4.79 Å². The molecule has 3 aromatic carbocycles. The zero-order chi connectivity index (χ0) is 29.3. The summed E-state index contributed by atoms with van der Waals surface area (Å²) in [6.07, 6.45) is 1.14. The minimum atomic E-state index is -1.05. The van der Waals surface area contributed by atoms with Gasteiger partial charge in [0.25, 0.3) is 0 Å². The second-order valence-corrected chi connectivity index (χ2v) is 8.89. The van der Waals surface area contributed by atoms with Crippen LogP contribution in [0.25, 0.3) is 0 Å². The number of ether oxygens (including phenoxy) is 1. The molecule has 40 heavy (non-hydrogen) atoms. The molecule has 0 bridgehead atoms. The van der Waals surface area contributed by atoms with E-state index >= 15 is 0 Å². The molecule has 3 aromatic rings. The summed E-state index contributed by atoms with van der Waals surface area (Å²) in [4.78, 5) is 34.8. The number of hydrogen-bond acceptors (Lipinski definition) is 6. The number of aliphatic carboxylic acids is 1. The number of rotatable bonds is 13. The lowest BCUT2D eigenvalue weighted by Crippen LogP contribution is -2.47. The zero-order valence-corrected chi connectivity index (χ0v) is 22.8. The fourth-order valence-electron chi connectivity index (χ4n) is 3.39.